The van der Waals surface area contributed by atoms with Crippen molar-refractivity contribution in [2.45, 2.75) is 18.9 Å². The van der Waals surface area contributed by atoms with Gasteiger partial charge in [0.15, 0.2) is 0 Å². The van der Waals surface area contributed by atoms with Crippen molar-refractivity contribution in [2.75, 3.05) is 0 Å². The number of rotatable bonds is 6. The normalized spacial score (nSPS) is 15.1. The first-order valence-electron chi connectivity index (χ1n) is 20.8. The molecule has 0 bridgehead atoms. The van der Waals surface area contributed by atoms with Gasteiger partial charge in [-0.1, -0.05) is 164 Å². The van der Waals surface area contributed by atoms with Crippen LogP contribution < -0.4 is 5.32 Å². The molecule has 4 nitrogen and oxygen atoms in total. The molecule has 0 saturated heterocycles. The van der Waals surface area contributed by atoms with Crippen molar-refractivity contribution in [3.63, 3.8) is 0 Å². The Bertz CT molecular complexity index is 3270. The predicted molar refractivity (Wildman–Crippen MR) is 250 cm³/mol. The number of benzene rings is 8. The third kappa shape index (κ3) is 5.71. The molecule has 4 heteroatoms. The van der Waals surface area contributed by atoms with Crippen LogP contribution in [0.3, 0.4) is 0 Å². The lowest BCUT2D eigenvalue weighted by atomic mass is 9.89. The van der Waals surface area contributed by atoms with E-state index in [0.717, 1.165) is 74.2 Å². The molecule has 2 aliphatic rings. The highest BCUT2D eigenvalue weighted by molar-refractivity contribution is 6.20. The molecule has 0 amide bonds. The first-order valence-corrected chi connectivity index (χ1v) is 20.8. The molecule has 0 fully saturated rings. The lowest BCUT2D eigenvalue weighted by molar-refractivity contribution is 0.627. The van der Waals surface area contributed by atoms with Crippen LogP contribution in [0.15, 0.2) is 215 Å². The molecule has 1 aliphatic carbocycles. The lowest BCUT2D eigenvalue weighted by Crippen LogP contribution is -2.40. The molecular formula is C56H39N3O. The van der Waals surface area contributed by atoms with Gasteiger partial charge in [-0.05, 0) is 76.6 Å². The van der Waals surface area contributed by atoms with E-state index in [1.807, 2.05) is 0 Å². The summed E-state index contributed by atoms with van der Waals surface area (Å²) < 4.78 is 9.19. The summed E-state index contributed by atoms with van der Waals surface area (Å²) in [6, 6.07) is 67.5. The van der Waals surface area contributed by atoms with Gasteiger partial charge in [-0.15, -0.1) is 0 Å². The molecule has 284 valence electrons. The molecule has 1 aliphatic heterocycles. The monoisotopic (exact) mass is 769 g/mol. The van der Waals surface area contributed by atoms with Gasteiger partial charge in [0.1, 0.15) is 17.0 Å². The zero-order chi connectivity index (χ0) is 39.6. The van der Waals surface area contributed by atoms with Crippen LogP contribution in [-0.4, -0.2) is 16.4 Å². The predicted octanol–water partition coefficient (Wildman–Crippen LogP) is 14.2. The Morgan fingerprint density at radius 2 is 1.07 bits per heavy atom. The van der Waals surface area contributed by atoms with Gasteiger partial charge in [-0.25, -0.2) is 4.99 Å². The van der Waals surface area contributed by atoms with Gasteiger partial charge in [-0.3, -0.25) is 0 Å². The van der Waals surface area contributed by atoms with Gasteiger partial charge in [-0.2, -0.15) is 0 Å². The summed E-state index contributed by atoms with van der Waals surface area (Å²) in [5.41, 5.74) is 16.6. The topological polar surface area (TPSA) is 42.5 Å². The fourth-order valence-electron chi connectivity index (χ4n) is 9.40. The van der Waals surface area contributed by atoms with Crippen molar-refractivity contribution in [3.8, 4) is 39.1 Å². The molecule has 12 rings (SSSR count). The fourth-order valence-corrected chi connectivity index (χ4v) is 9.40. The standard InChI is InChI=1S/C56H39N3O/c1-4-13-36(14-5-1)39-23-25-40(26-24-39)55-46-19-10-11-21-49(46)57-56(58-55)48-20-12-22-52-54(48)47-32-29-43(35-53(47)60-52)59-50-33-41(37-15-6-2-7-16-37)27-30-44(50)45-31-28-42(34-51(45)59)38-17-8-3-9-18-38/h1-10,12-20,22-35,49H,11,21H2,(H,57,58). The SMILES string of the molecule is C1=CC2=C(c3ccc(-c4ccccc4)cc3)N=C(c3cccc4oc5cc(-n6c7cc(-c8ccccc8)ccc7c7ccc(-c8ccccc8)cc76)ccc5c34)NC2CC1. The van der Waals surface area contributed by atoms with Crippen molar-refractivity contribution in [2.24, 2.45) is 4.99 Å². The van der Waals surface area contributed by atoms with Gasteiger partial charge < -0.3 is 14.3 Å². The van der Waals surface area contributed by atoms with Gasteiger partial charge in [0.2, 0.25) is 0 Å². The summed E-state index contributed by atoms with van der Waals surface area (Å²) in [7, 11) is 0. The molecule has 10 aromatic rings. The molecule has 1 unspecified atom stereocenters. The molecule has 8 aromatic carbocycles. The van der Waals surface area contributed by atoms with Crippen LogP contribution in [0.1, 0.15) is 24.0 Å². The Labute approximate surface area is 348 Å². The summed E-state index contributed by atoms with van der Waals surface area (Å²) in [5.74, 6) is 0.878. The largest absolute Gasteiger partial charge is 0.456 e. The number of nitrogens with one attached hydrogen (secondary N) is 1. The highest BCUT2D eigenvalue weighted by Crippen LogP contribution is 2.40. The van der Waals surface area contributed by atoms with Crippen LogP contribution in [0.5, 0.6) is 0 Å². The number of aromatic nitrogens is 1. The zero-order valence-electron chi connectivity index (χ0n) is 32.8. The first kappa shape index (κ1) is 34.4. The average molecular weight is 770 g/mol. The molecule has 0 saturated carbocycles. The Morgan fingerprint density at radius 3 is 1.72 bits per heavy atom. The van der Waals surface area contributed by atoms with Gasteiger partial charge in [0.25, 0.3) is 0 Å². The van der Waals surface area contributed by atoms with E-state index in [9.17, 15) is 0 Å². The highest BCUT2D eigenvalue weighted by Gasteiger charge is 2.28. The van der Waals surface area contributed by atoms with E-state index in [0.29, 0.717) is 0 Å². The third-order valence-electron chi connectivity index (χ3n) is 12.3. The van der Waals surface area contributed by atoms with Crippen molar-refractivity contribution in [1.82, 2.24) is 9.88 Å². The van der Waals surface area contributed by atoms with Crippen molar-refractivity contribution >= 4 is 55.3 Å². The molecule has 1 N–H and O–H groups in total. The minimum absolute atomic E-state index is 0.170. The second-order valence-electron chi connectivity index (χ2n) is 15.9. The molecule has 0 spiro atoms. The van der Waals surface area contributed by atoms with Crippen LogP contribution >= 0.6 is 0 Å². The quantitative estimate of drug-likeness (QED) is 0.183. The van der Waals surface area contributed by atoms with Crippen LogP contribution in [0.4, 0.5) is 0 Å². The Kier molecular flexibility index (Phi) is 8.02. The maximum atomic E-state index is 6.79. The van der Waals surface area contributed by atoms with E-state index >= 15 is 0 Å². The summed E-state index contributed by atoms with van der Waals surface area (Å²) in [5, 5.41) is 8.43. The van der Waals surface area contributed by atoms with Crippen LogP contribution in [0.25, 0.3) is 88.5 Å². The number of fused-ring (bicyclic) bond motifs is 7. The highest BCUT2D eigenvalue weighted by atomic mass is 16.3. The van der Waals surface area contributed by atoms with Gasteiger partial charge in [0, 0.05) is 50.0 Å². The molecule has 2 aromatic heterocycles. The smallest absolute Gasteiger partial charge is 0.137 e. The number of allylic oxidation sites excluding steroid dienone is 1. The maximum Gasteiger partial charge on any atom is 0.137 e. The van der Waals surface area contributed by atoms with E-state index in [2.05, 4.69) is 210 Å². The summed E-state index contributed by atoms with van der Waals surface area (Å²) >= 11 is 0. The Hall–Kier alpha value is -7.69. The van der Waals surface area contributed by atoms with Gasteiger partial charge >= 0.3 is 0 Å². The lowest BCUT2D eigenvalue weighted by Gasteiger charge is -2.30. The maximum absolute atomic E-state index is 6.79. The zero-order valence-corrected chi connectivity index (χ0v) is 32.8. The summed E-state index contributed by atoms with van der Waals surface area (Å²) in [4.78, 5) is 5.43. The number of hydrogen-bond donors (Lipinski definition) is 1. The van der Waals surface area contributed by atoms with E-state index < -0.39 is 0 Å². The molecule has 1 atom stereocenters. The summed E-state index contributed by atoms with van der Waals surface area (Å²) in [6.07, 6.45) is 6.57. The van der Waals surface area contributed by atoms with Crippen molar-refractivity contribution < 1.29 is 4.42 Å². The van der Waals surface area contributed by atoms with Crippen LogP contribution in [0.2, 0.25) is 0 Å². The Morgan fingerprint density at radius 1 is 0.500 bits per heavy atom. The third-order valence-corrected chi connectivity index (χ3v) is 12.3. The average Bonchev–Trinajstić information content (AvgIpc) is 3.86. The molecule has 0 radical (unpaired) electrons. The Balaban J connectivity index is 1.01. The number of furan rings is 1. The van der Waals surface area contributed by atoms with E-state index in [4.69, 9.17) is 9.41 Å². The fraction of sp³-hybridized carbons (Fsp3) is 0.0536. The molecule has 3 heterocycles. The number of aliphatic imine (C=N–C) groups is 1. The first-order chi connectivity index (χ1) is 29.7. The van der Waals surface area contributed by atoms with Crippen molar-refractivity contribution in [1.29, 1.82) is 0 Å². The van der Waals surface area contributed by atoms with Crippen LogP contribution in [0, 0.1) is 0 Å². The number of nitrogens with zero attached hydrogens (tertiary/aromatic N) is 2. The second-order valence-corrected chi connectivity index (χ2v) is 15.9. The molecular weight excluding hydrogens is 731 g/mol. The second kappa shape index (κ2) is 14.0. The number of amidine groups is 1. The van der Waals surface area contributed by atoms with Crippen LogP contribution in [-0.2, 0) is 0 Å². The minimum atomic E-state index is 0.170. The summed E-state index contributed by atoms with van der Waals surface area (Å²) in [6.45, 7) is 0. The van der Waals surface area contributed by atoms with Crippen molar-refractivity contribution in [3.05, 3.63) is 217 Å². The van der Waals surface area contributed by atoms with E-state index in [1.165, 1.54) is 49.7 Å². The van der Waals surface area contributed by atoms with Gasteiger partial charge in [0.05, 0.1) is 22.8 Å². The number of hydrogen-bond acceptors (Lipinski definition) is 3. The minimum Gasteiger partial charge on any atom is -0.456 e. The van der Waals surface area contributed by atoms with E-state index in [1.54, 1.807) is 0 Å². The van der Waals surface area contributed by atoms with E-state index in [-0.39, 0.29) is 6.04 Å². The molecule has 60 heavy (non-hydrogen) atoms.